The zero-order chi connectivity index (χ0) is 13.1. The summed E-state index contributed by atoms with van der Waals surface area (Å²) in [7, 11) is 0. The van der Waals surface area contributed by atoms with Crippen LogP contribution in [0.4, 0.5) is 0 Å². The molecule has 1 aromatic heterocycles. The third-order valence-corrected chi connectivity index (χ3v) is 4.05. The van der Waals surface area contributed by atoms with Crippen LogP contribution in [0.25, 0.3) is 0 Å². The largest absolute Gasteiger partial charge is 0.386 e. The second-order valence-electron chi connectivity index (χ2n) is 3.83. The van der Waals surface area contributed by atoms with E-state index in [0.717, 1.165) is 14.5 Å². The molecule has 2 aromatic rings. The highest BCUT2D eigenvalue weighted by Gasteiger charge is 2.14. The Kier molecular flexibility index (Phi) is 4.78. The molecule has 0 aliphatic heterocycles. The predicted molar refractivity (Wildman–Crippen MR) is 79.8 cm³/mol. The number of aliphatic hydroxyl groups is 1. The Bertz CT molecular complexity index is 562. The van der Waals surface area contributed by atoms with E-state index in [1.54, 1.807) is 6.20 Å². The Hall–Kier alpha value is -0.420. The molecule has 1 N–H and O–H groups in total. The average molecular weight is 391 g/mol. The van der Waals surface area contributed by atoms with Gasteiger partial charge in [-0.2, -0.15) is 0 Å². The lowest BCUT2D eigenvalue weighted by Crippen LogP contribution is -2.05. The van der Waals surface area contributed by atoms with E-state index in [1.807, 2.05) is 30.3 Å². The van der Waals surface area contributed by atoms with Crippen molar-refractivity contribution >= 4 is 43.5 Å². The number of hydrogen-bond donors (Lipinski definition) is 1. The molecule has 94 valence electrons. The average Bonchev–Trinajstić information content (AvgIpc) is 2.33. The first-order valence-corrected chi connectivity index (χ1v) is 7.26. The topological polar surface area (TPSA) is 33.1 Å². The van der Waals surface area contributed by atoms with E-state index >= 15 is 0 Å². The minimum absolute atomic E-state index is 0.432. The minimum atomic E-state index is -0.681. The lowest BCUT2D eigenvalue weighted by atomic mass is 10.1. The van der Waals surface area contributed by atoms with Gasteiger partial charge in [-0.3, -0.25) is 4.98 Å². The molecule has 1 heterocycles. The van der Waals surface area contributed by atoms with Crippen LogP contribution in [0.3, 0.4) is 0 Å². The summed E-state index contributed by atoms with van der Waals surface area (Å²) >= 11 is 12.9. The fourth-order valence-electron chi connectivity index (χ4n) is 1.64. The van der Waals surface area contributed by atoms with E-state index in [2.05, 4.69) is 36.8 Å². The lowest BCUT2D eigenvalue weighted by Gasteiger charge is -2.12. The first-order valence-electron chi connectivity index (χ1n) is 5.30. The molecule has 0 amide bonds. The molecular weight excluding hydrogens is 381 g/mol. The van der Waals surface area contributed by atoms with Gasteiger partial charge in [-0.25, -0.2) is 0 Å². The van der Waals surface area contributed by atoms with Crippen LogP contribution in [0.2, 0.25) is 5.02 Å². The predicted octanol–water partition coefficient (Wildman–Crippen LogP) is 4.54. The number of aliphatic hydroxyl groups excluding tert-OH is 1. The Morgan fingerprint density at radius 2 is 2.06 bits per heavy atom. The summed E-state index contributed by atoms with van der Waals surface area (Å²) < 4.78 is 1.72. The summed E-state index contributed by atoms with van der Waals surface area (Å²) in [5, 5.41) is 10.8. The maximum atomic E-state index is 10.2. The van der Waals surface area contributed by atoms with E-state index in [1.165, 1.54) is 0 Å². The summed E-state index contributed by atoms with van der Waals surface area (Å²) in [6, 6.07) is 9.28. The van der Waals surface area contributed by atoms with Crippen LogP contribution in [0.5, 0.6) is 0 Å². The van der Waals surface area contributed by atoms with E-state index in [0.29, 0.717) is 17.1 Å². The molecule has 0 fully saturated rings. The lowest BCUT2D eigenvalue weighted by molar-refractivity contribution is 0.173. The zero-order valence-electron chi connectivity index (χ0n) is 9.28. The molecule has 1 unspecified atom stereocenters. The Morgan fingerprint density at radius 3 is 2.72 bits per heavy atom. The second-order valence-corrected chi connectivity index (χ2v) is 6.00. The van der Waals surface area contributed by atoms with Crippen molar-refractivity contribution in [1.82, 2.24) is 4.98 Å². The van der Waals surface area contributed by atoms with Crippen molar-refractivity contribution in [2.24, 2.45) is 0 Å². The Balaban J connectivity index is 2.21. The molecule has 18 heavy (non-hydrogen) atoms. The third kappa shape index (κ3) is 3.32. The Labute approximate surface area is 127 Å². The summed E-state index contributed by atoms with van der Waals surface area (Å²) in [6.07, 6.45) is 1.41. The van der Waals surface area contributed by atoms with Crippen molar-refractivity contribution in [3.63, 3.8) is 0 Å². The summed E-state index contributed by atoms with van der Waals surface area (Å²) in [5.74, 6) is 0. The van der Waals surface area contributed by atoms with Crippen LogP contribution in [-0.2, 0) is 6.42 Å². The summed E-state index contributed by atoms with van der Waals surface area (Å²) in [4.78, 5) is 4.17. The van der Waals surface area contributed by atoms with E-state index in [-0.39, 0.29) is 0 Å². The molecule has 0 aliphatic rings. The monoisotopic (exact) mass is 389 g/mol. The molecular formula is C13H10Br2ClNO. The number of hydrogen-bond acceptors (Lipinski definition) is 2. The number of benzene rings is 1. The fourth-order valence-corrected chi connectivity index (χ4v) is 2.91. The highest BCUT2D eigenvalue weighted by atomic mass is 79.9. The number of halogens is 3. The highest BCUT2D eigenvalue weighted by molar-refractivity contribution is 9.10. The quantitative estimate of drug-likeness (QED) is 0.834. The number of rotatable bonds is 3. The van der Waals surface area contributed by atoms with Gasteiger partial charge in [-0.05, 0) is 45.8 Å². The molecule has 0 radical (unpaired) electrons. The minimum Gasteiger partial charge on any atom is -0.386 e. The number of nitrogens with zero attached hydrogens (tertiary/aromatic N) is 1. The van der Waals surface area contributed by atoms with Gasteiger partial charge in [0.05, 0.1) is 5.69 Å². The van der Waals surface area contributed by atoms with Gasteiger partial charge in [0.15, 0.2) is 0 Å². The van der Waals surface area contributed by atoms with Gasteiger partial charge in [0.25, 0.3) is 0 Å². The van der Waals surface area contributed by atoms with Crippen LogP contribution in [0.1, 0.15) is 17.4 Å². The van der Waals surface area contributed by atoms with Crippen LogP contribution >= 0.6 is 43.5 Å². The van der Waals surface area contributed by atoms with Crippen molar-refractivity contribution < 1.29 is 5.11 Å². The SMILES string of the molecule is OC(Cc1ccc(Br)cc1Cl)c1ncccc1Br. The zero-order valence-corrected chi connectivity index (χ0v) is 13.2. The van der Waals surface area contributed by atoms with Gasteiger partial charge in [-0.15, -0.1) is 0 Å². The maximum absolute atomic E-state index is 10.2. The third-order valence-electron chi connectivity index (χ3n) is 2.53. The molecule has 0 spiro atoms. The first-order chi connectivity index (χ1) is 8.58. The van der Waals surface area contributed by atoms with Crippen molar-refractivity contribution in [3.05, 3.63) is 61.8 Å². The molecule has 0 saturated heterocycles. The van der Waals surface area contributed by atoms with Gasteiger partial charge in [0.1, 0.15) is 6.10 Å². The standard InChI is InChI=1S/C13H10Br2ClNO/c14-9-4-3-8(11(16)7-9)6-12(18)13-10(15)2-1-5-17-13/h1-5,7,12,18H,6H2. The maximum Gasteiger partial charge on any atom is 0.101 e. The first kappa shape index (κ1) is 14.0. The van der Waals surface area contributed by atoms with Crippen LogP contribution < -0.4 is 0 Å². The molecule has 5 heteroatoms. The smallest absolute Gasteiger partial charge is 0.101 e. The number of aromatic nitrogens is 1. The van der Waals surface area contributed by atoms with Crippen LogP contribution in [-0.4, -0.2) is 10.1 Å². The van der Waals surface area contributed by atoms with Gasteiger partial charge in [0.2, 0.25) is 0 Å². The van der Waals surface area contributed by atoms with E-state index in [9.17, 15) is 5.11 Å². The van der Waals surface area contributed by atoms with Gasteiger partial charge >= 0.3 is 0 Å². The molecule has 2 nitrogen and oxygen atoms in total. The second kappa shape index (κ2) is 6.15. The van der Waals surface area contributed by atoms with Crippen molar-refractivity contribution in [1.29, 1.82) is 0 Å². The summed E-state index contributed by atoms with van der Waals surface area (Å²) in [5.41, 5.74) is 1.52. The highest BCUT2D eigenvalue weighted by Crippen LogP contribution is 2.28. The molecule has 0 saturated carbocycles. The van der Waals surface area contributed by atoms with Gasteiger partial charge in [-0.1, -0.05) is 33.6 Å². The van der Waals surface area contributed by atoms with Crippen LogP contribution in [0, 0.1) is 0 Å². The van der Waals surface area contributed by atoms with E-state index < -0.39 is 6.10 Å². The fraction of sp³-hybridized carbons (Fsp3) is 0.154. The van der Waals surface area contributed by atoms with E-state index in [4.69, 9.17) is 11.6 Å². The van der Waals surface area contributed by atoms with Gasteiger partial charge < -0.3 is 5.11 Å². The molecule has 1 atom stereocenters. The van der Waals surface area contributed by atoms with Crippen molar-refractivity contribution in [2.75, 3.05) is 0 Å². The Morgan fingerprint density at radius 1 is 1.28 bits per heavy atom. The molecule has 0 aliphatic carbocycles. The molecule has 1 aromatic carbocycles. The van der Waals surface area contributed by atoms with Crippen molar-refractivity contribution in [2.45, 2.75) is 12.5 Å². The normalized spacial score (nSPS) is 12.4. The van der Waals surface area contributed by atoms with Crippen molar-refractivity contribution in [3.8, 4) is 0 Å². The number of pyridine rings is 1. The van der Waals surface area contributed by atoms with Gasteiger partial charge in [0, 0.05) is 26.6 Å². The molecule has 0 bridgehead atoms. The van der Waals surface area contributed by atoms with Crippen LogP contribution in [0.15, 0.2) is 45.5 Å². The molecule has 2 rings (SSSR count). The summed E-state index contributed by atoms with van der Waals surface area (Å²) in [6.45, 7) is 0.